The number of carbonyl (C=O) groups excluding carboxylic acids is 1. The fourth-order valence-electron chi connectivity index (χ4n) is 0.958. The van der Waals surface area contributed by atoms with Crippen LogP contribution in [0.25, 0.3) is 0 Å². The molecule has 0 bridgehead atoms. The number of Topliss-reactive ketones (excluding diaryl/α,β-unsaturated/α-hetero) is 1. The summed E-state index contributed by atoms with van der Waals surface area (Å²) in [6.07, 6.45) is -0.0762. The summed E-state index contributed by atoms with van der Waals surface area (Å²) >= 11 is 0. The molecule has 5 nitrogen and oxygen atoms in total. The van der Waals surface area contributed by atoms with E-state index in [4.69, 9.17) is 9.84 Å². The van der Waals surface area contributed by atoms with Crippen molar-refractivity contribution in [2.45, 2.75) is 20.0 Å². The Hall–Kier alpha value is -1.91. The van der Waals surface area contributed by atoms with Crippen LogP contribution in [0.1, 0.15) is 24.3 Å². The van der Waals surface area contributed by atoms with Gasteiger partial charge in [-0.25, -0.2) is 9.78 Å². The lowest BCUT2D eigenvalue weighted by molar-refractivity contribution is -0.131. The average molecular weight is 209 g/mol. The first-order valence-corrected chi connectivity index (χ1v) is 4.42. The highest BCUT2D eigenvalue weighted by molar-refractivity contribution is 6.39. The molecule has 0 atom stereocenters. The summed E-state index contributed by atoms with van der Waals surface area (Å²) < 4.78 is 5.23. The van der Waals surface area contributed by atoms with E-state index in [1.54, 1.807) is 6.07 Å². The van der Waals surface area contributed by atoms with Gasteiger partial charge in [0.15, 0.2) is 0 Å². The van der Waals surface area contributed by atoms with Gasteiger partial charge in [0.1, 0.15) is 5.69 Å². The van der Waals surface area contributed by atoms with E-state index in [0.717, 1.165) is 0 Å². The van der Waals surface area contributed by atoms with Gasteiger partial charge in [-0.2, -0.15) is 0 Å². The molecule has 0 fully saturated rings. The third-order valence-corrected chi connectivity index (χ3v) is 1.51. The standard InChI is InChI=1S/C10H11NO4/c1-6(2)15-8-5-3-4-7(11-8)9(12)10(13)14/h3-6H,1-2H3,(H,13,14). The van der Waals surface area contributed by atoms with Crippen molar-refractivity contribution in [2.24, 2.45) is 0 Å². The highest BCUT2D eigenvalue weighted by Crippen LogP contribution is 2.09. The molecular formula is C10H11NO4. The number of aromatic nitrogens is 1. The number of carboxylic acids is 1. The third-order valence-electron chi connectivity index (χ3n) is 1.51. The zero-order valence-electron chi connectivity index (χ0n) is 8.43. The molecule has 1 rings (SSSR count). The van der Waals surface area contributed by atoms with Gasteiger partial charge < -0.3 is 9.84 Å². The van der Waals surface area contributed by atoms with Crippen molar-refractivity contribution in [3.63, 3.8) is 0 Å². The fourth-order valence-corrected chi connectivity index (χ4v) is 0.958. The number of carboxylic acid groups (broad SMARTS) is 1. The van der Waals surface area contributed by atoms with Crippen LogP contribution in [0.3, 0.4) is 0 Å². The Kier molecular flexibility index (Phi) is 3.38. The molecule has 0 aromatic carbocycles. The van der Waals surface area contributed by atoms with Gasteiger partial charge in [0.2, 0.25) is 5.88 Å². The molecule has 0 unspecified atom stereocenters. The SMILES string of the molecule is CC(C)Oc1cccc(C(=O)C(=O)O)n1. The molecule has 0 saturated carbocycles. The molecule has 1 aromatic heterocycles. The lowest BCUT2D eigenvalue weighted by Crippen LogP contribution is -2.15. The van der Waals surface area contributed by atoms with Gasteiger partial charge in [-0.1, -0.05) is 6.07 Å². The van der Waals surface area contributed by atoms with E-state index < -0.39 is 11.8 Å². The van der Waals surface area contributed by atoms with Gasteiger partial charge in [-0.05, 0) is 19.9 Å². The van der Waals surface area contributed by atoms with Crippen molar-refractivity contribution >= 4 is 11.8 Å². The summed E-state index contributed by atoms with van der Waals surface area (Å²) in [5.41, 5.74) is -0.124. The predicted molar refractivity (Wildman–Crippen MR) is 52.0 cm³/mol. The molecule has 1 heterocycles. The summed E-state index contributed by atoms with van der Waals surface area (Å²) in [5.74, 6) is -2.31. The molecule has 1 aromatic rings. The molecule has 0 aliphatic heterocycles. The van der Waals surface area contributed by atoms with Gasteiger partial charge in [-0.3, -0.25) is 4.79 Å². The summed E-state index contributed by atoms with van der Waals surface area (Å²) in [4.78, 5) is 25.2. The zero-order chi connectivity index (χ0) is 11.4. The van der Waals surface area contributed by atoms with Gasteiger partial charge in [0.05, 0.1) is 6.10 Å². The van der Waals surface area contributed by atoms with Gasteiger partial charge in [-0.15, -0.1) is 0 Å². The minimum Gasteiger partial charge on any atom is -0.475 e. The smallest absolute Gasteiger partial charge is 0.378 e. The van der Waals surface area contributed by atoms with Gasteiger partial charge in [0.25, 0.3) is 5.78 Å². The van der Waals surface area contributed by atoms with Crippen LogP contribution in [0, 0.1) is 0 Å². The third kappa shape index (κ3) is 3.05. The molecule has 0 saturated heterocycles. The first-order chi connectivity index (χ1) is 7.00. The second kappa shape index (κ2) is 4.54. The first kappa shape index (κ1) is 11.2. The lowest BCUT2D eigenvalue weighted by Gasteiger charge is -2.08. The molecule has 80 valence electrons. The Bertz CT molecular complexity index is 387. The zero-order valence-corrected chi connectivity index (χ0v) is 8.43. The quantitative estimate of drug-likeness (QED) is 0.594. The van der Waals surface area contributed by atoms with Crippen LogP contribution in [0.4, 0.5) is 0 Å². The molecule has 15 heavy (non-hydrogen) atoms. The second-order valence-corrected chi connectivity index (χ2v) is 3.16. The van der Waals surface area contributed by atoms with Crippen LogP contribution in [-0.2, 0) is 4.79 Å². The van der Waals surface area contributed by atoms with Gasteiger partial charge >= 0.3 is 5.97 Å². The highest BCUT2D eigenvalue weighted by atomic mass is 16.5. The number of aliphatic carboxylic acids is 1. The van der Waals surface area contributed by atoms with E-state index in [1.165, 1.54) is 12.1 Å². The van der Waals surface area contributed by atoms with Crippen LogP contribution in [0.2, 0.25) is 0 Å². The van der Waals surface area contributed by atoms with E-state index >= 15 is 0 Å². The Morgan fingerprint density at radius 3 is 2.60 bits per heavy atom. The van der Waals surface area contributed by atoms with Crippen molar-refractivity contribution in [2.75, 3.05) is 0 Å². The van der Waals surface area contributed by atoms with Crippen LogP contribution < -0.4 is 4.74 Å². The van der Waals surface area contributed by atoms with Crippen LogP contribution >= 0.6 is 0 Å². The average Bonchev–Trinajstić information content (AvgIpc) is 2.16. The summed E-state index contributed by atoms with van der Waals surface area (Å²) in [5, 5.41) is 8.48. The number of rotatable bonds is 4. The number of nitrogens with zero attached hydrogens (tertiary/aromatic N) is 1. The number of hydrogen-bond donors (Lipinski definition) is 1. The number of hydrogen-bond acceptors (Lipinski definition) is 4. The molecular weight excluding hydrogens is 198 g/mol. The Morgan fingerprint density at radius 1 is 1.40 bits per heavy atom. The molecule has 0 aliphatic rings. The van der Waals surface area contributed by atoms with Gasteiger partial charge in [0, 0.05) is 6.07 Å². The van der Waals surface area contributed by atoms with E-state index in [0.29, 0.717) is 0 Å². The molecule has 1 N–H and O–H groups in total. The first-order valence-electron chi connectivity index (χ1n) is 4.42. The Balaban J connectivity index is 2.92. The van der Waals surface area contributed by atoms with E-state index in [-0.39, 0.29) is 17.7 Å². The second-order valence-electron chi connectivity index (χ2n) is 3.16. The van der Waals surface area contributed by atoms with Crippen LogP contribution in [0.15, 0.2) is 18.2 Å². The summed E-state index contributed by atoms with van der Waals surface area (Å²) in [7, 11) is 0. The number of ketones is 1. The van der Waals surface area contributed by atoms with Crippen LogP contribution in [0.5, 0.6) is 5.88 Å². The number of ether oxygens (including phenoxy) is 1. The van der Waals surface area contributed by atoms with Crippen molar-refractivity contribution in [1.82, 2.24) is 4.98 Å². The van der Waals surface area contributed by atoms with Crippen molar-refractivity contribution in [3.8, 4) is 5.88 Å². The Labute approximate surface area is 86.7 Å². The lowest BCUT2D eigenvalue weighted by atomic mass is 10.2. The number of carbonyl (C=O) groups is 2. The number of pyridine rings is 1. The largest absolute Gasteiger partial charge is 0.475 e. The van der Waals surface area contributed by atoms with E-state index in [1.807, 2.05) is 13.8 Å². The summed E-state index contributed by atoms with van der Waals surface area (Å²) in [6, 6.07) is 4.43. The molecule has 0 aliphatic carbocycles. The Morgan fingerprint density at radius 2 is 2.07 bits per heavy atom. The monoisotopic (exact) mass is 209 g/mol. The predicted octanol–water partition coefficient (Wildman–Crippen LogP) is 1.14. The van der Waals surface area contributed by atoms with Crippen molar-refractivity contribution < 1.29 is 19.4 Å². The fraction of sp³-hybridized carbons (Fsp3) is 0.300. The maximum Gasteiger partial charge on any atom is 0.378 e. The minimum absolute atomic E-state index is 0.0762. The van der Waals surface area contributed by atoms with Crippen LogP contribution in [-0.4, -0.2) is 27.9 Å². The van der Waals surface area contributed by atoms with Crippen molar-refractivity contribution in [1.29, 1.82) is 0 Å². The topological polar surface area (TPSA) is 76.5 Å². The maximum absolute atomic E-state index is 11.1. The maximum atomic E-state index is 11.1. The highest BCUT2D eigenvalue weighted by Gasteiger charge is 2.16. The van der Waals surface area contributed by atoms with E-state index in [9.17, 15) is 9.59 Å². The molecule has 0 amide bonds. The summed E-state index contributed by atoms with van der Waals surface area (Å²) in [6.45, 7) is 3.63. The van der Waals surface area contributed by atoms with Crippen molar-refractivity contribution in [3.05, 3.63) is 23.9 Å². The normalized spacial score (nSPS) is 10.1. The minimum atomic E-state index is -1.52. The molecule has 0 spiro atoms. The molecule has 0 radical (unpaired) electrons. The molecule has 5 heteroatoms. The van der Waals surface area contributed by atoms with E-state index in [2.05, 4.69) is 4.98 Å².